The second-order valence-corrected chi connectivity index (χ2v) is 8.28. The number of nitrogens with one attached hydrogen (secondary N) is 1. The average Bonchev–Trinajstić information content (AvgIpc) is 2.58. The molecule has 2 aromatic carbocycles. The van der Waals surface area contributed by atoms with E-state index in [4.69, 9.17) is 5.90 Å². The first-order valence-electron chi connectivity index (χ1n) is 8.61. The van der Waals surface area contributed by atoms with Crippen LogP contribution in [0.3, 0.4) is 0 Å². The Morgan fingerprint density at radius 3 is 1.88 bits per heavy atom. The molecule has 4 nitrogen and oxygen atoms in total. The van der Waals surface area contributed by atoms with E-state index in [2.05, 4.69) is 37.8 Å². The first kappa shape index (κ1) is 17.5. The summed E-state index contributed by atoms with van der Waals surface area (Å²) < 4.78 is 0. The summed E-state index contributed by atoms with van der Waals surface area (Å²) in [6.07, 6.45) is 1.12. The van der Waals surface area contributed by atoms with Crippen molar-refractivity contribution in [3.8, 4) is 16.9 Å². The van der Waals surface area contributed by atoms with Gasteiger partial charge in [-0.1, -0.05) is 52.0 Å². The zero-order chi connectivity index (χ0) is 18.2. The summed E-state index contributed by atoms with van der Waals surface area (Å²) in [7, 11) is 0. The number of rotatable bonds is 4. The van der Waals surface area contributed by atoms with Crippen LogP contribution in [-0.2, 0) is 0 Å². The van der Waals surface area contributed by atoms with E-state index < -0.39 is 0 Å². The summed E-state index contributed by atoms with van der Waals surface area (Å²) in [5.41, 5.74) is 3.07. The molecule has 3 rings (SSSR count). The van der Waals surface area contributed by atoms with E-state index in [0.29, 0.717) is 11.3 Å². The average molecular weight is 338 g/mol. The van der Waals surface area contributed by atoms with Gasteiger partial charge in [-0.25, -0.2) is 0 Å². The quantitative estimate of drug-likeness (QED) is 0.823. The van der Waals surface area contributed by atoms with Crippen molar-refractivity contribution in [1.82, 2.24) is 5.32 Å². The molecule has 1 saturated carbocycles. The Morgan fingerprint density at radius 2 is 1.44 bits per heavy atom. The molecule has 1 fully saturated rings. The van der Waals surface area contributed by atoms with Gasteiger partial charge >= 0.3 is 0 Å². The molecule has 0 saturated heterocycles. The van der Waals surface area contributed by atoms with Gasteiger partial charge in [-0.3, -0.25) is 4.79 Å². The van der Waals surface area contributed by atoms with Crippen molar-refractivity contribution in [1.29, 1.82) is 0 Å². The second-order valence-electron chi connectivity index (χ2n) is 8.28. The summed E-state index contributed by atoms with van der Waals surface area (Å²) >= 11 is 0. The molecule has 3 N–H and O–H groups in total. The van der Waals surface area contributed by atoms with E-state index >= 15 is 0 Å². The third-order valence-electron chi connectivity index (χ3n) is 5.22. The Kier molecular flexibility index (Phi) is 4.33. The van der Waals surface area contributed by atoms with Crippen LogP contribution in [0.4, 0.5) is 0 Å². The van der Waals surface area contributed by atoms with Gasteiger partial charge in [0.25, 0.3) is 5.91 Å². The predicted molar refractivity (Wildman–Crippen MR) is 100 cm³/mol. The summed E-state index contributed by atoms with van der Waals surface area (Å²) in [4.78, 5) is 17.3. The zero-order valence-corrected chi connectivity index (χ0v) is 15.3. The standard InChI is InChI=1S/C21H26N2O2/c1-20(2)13-21(3,4)19(20)23-18(24)16-7-5-14(6-8-16)15-9-11-17(25-22)12-10-15/h5-12,19H,13,22H2,1-4H3,(H,23,24). The molecule has 0 spiro atoms. The predicted octanol–water partition coefficient (Wildman–Crippen LogP) is 4.16. The molecule has 0 atom stereocenters. The molecule has 4 heteroatoms. The normalized spacial score (nSPS) is 18.3. The lowest BCUT2D eigenvalue weighted by Gasteiger charge is -2.57. The summed E-state index contributed by atoms with van der Waals surface area (Å²) in [6.45, 7) is 8.84. The number of benzene rings is 2. The minimum Gasteiger partial charge on any atom is -0.412 e. The molecule has 0 heterocycles. The van der Waals surface area contributed by atoms with Gasteiger partial charge in [0.05, 0.1) is 0 Å². The molecule has 0 aliphatic heterocycles. The molecular weight excluding hydrogens is 312 g/mol. The summed E-state index contributed by atoms with van der Waals surface area (Å²) in [6, 6.07) is 15.4. The van der Waals surface area contributed by atoms with Gasteiger partial charge in [0.1, 0.15) is 5.75 Å². The van der Waals surface area contributed by atoms with Crippen LogP contribution in [0.15, 0.2) is 48.5 Å². The van der Waals surface area contributed by atoms with Crippen LogP contribution in [0, 0.1) is 10.8 Å². The molecule has 0 unspecified atom stereocenters. The van der Waals surface area contributed by atoms with Gasteiger partial charge in [-0.15, -0.1) is 0 Å². The minimum atomic E-state index is -0.00993. The van der Waals surface area contributed by atoms with Crippen LogP contribution in [0.25, 0.3) is 11.1 Å². The van der Waals surface area contributed by atoms with Gasteiger partial charge in [-0.2, -0.15) is 5.90 Å². The topological polar surface area (TPSA) is 64.3 Å². The molecule has 1 amide bonds. The Labute approximate surface area is 149 Å². The minimum absolute atomic E-state index is 0.00993. The third kappa shape index (κ3) is 3.40. The molecule has 132 valence electrons. The Balaban J connectivity index is 1.72. The van der Waals surface area contributed by atoms with Crippen molar-refractivity contribution in [2.24, 2.45) is 16.7 Å². The SMILES string of the molecule is CC1(C)CC(C)(C)C1NC(=O)c1ccc(-c2ccc(ON)cc2)cc1. The van der Waals surface area contributed by atoms with Gasteiger partial charge < -0.3 is 10.2 Å². The van der Waals surface area contributed by atoms with Crippen LogP contribution in [0.2, 0.25) is 0 Å². The first-order valence-corrected chi connectivity index (χ1v) is 8.61. The lowest BCUT2D eigenvalue weighted by molar-refractivity contribution is -0.0366. The second kappa shape index (κ2) is 6.19. The molecule has 1 aliphatic carbocycles. The zero-order valence-electron chi connectivity index (χ0n) is 15.3. The number of carbonyl (C=O) groups excluding carboxylic acids is 1. The molecule has 0 aromatic heterocycles. The van der Waals surface area contributed by atoms with Gasteiger partial charge in [-0.05, 0) is 52.6 Å². The smallest absolute Gasteiger partial charge is 0.251 e. The third-order valence-corrected chi connectivity index (χ3v) is 5.22. The summed E-state index contributed by atoms with van der Waals surface area (Å²) in [5.74, 6) is 5.75. The van der Waals surface area contributed by atoms with Crippen LogP contribution in [0.1, 0.15) is 44.5 Å². The highest BCUT2D eigenvalue weighted by Crippen LogP contribution is 2.53. The van der Waals surface area contributed by atoms with Crippen LogP contribution >= 0.6 is 0 Å². The molecule has 0 bridgehead atoms. The highest BCUT2D eigenvalue weighted by Gasteiger charge is 2.53. The fourth-order valence-corrected chi connectivity index (χ4v) is 4.45. The van der Waals surface area contributed by atoms with Crippen molar-refractivity contribution in [2.75, 3.05) is 0 Å². The van der Waals surface area contributed by atoms with E-state index in [1.807, 2.05) is 48.5 Å². The lowest BCUT2D eigenvalue weighted by atomic mass is 9.52. The first-order chi connectivity index (χ1) is 11.7. The maximum absolute atomic E-state index is 12.6. The molecule has 2 aromatic rings. The highest BCUT2D eigenvalue weighted by atomic mass is 16.6. The van der Waals surface area contributed by atoms with E-state index in [1.165, 1.54) is 0 Å². The number of hydrogen-bond acceptors (Lipinski definition) is 3. The van der Waals surface area contributed by atoms with Crippen molar-refractivity contribution >= 4 is 5.91 Å². The Bertz CT molecular complexity index is 747. The fraction of sp³-hybridized carbons (Fsp3) is 0.381. The monoisotopic (exact) mass is 338 g/mol. The molecule has 1 aliphatic rings. The number of hydrogen-bond donors (Lipinski definition) is 2. The number of nitrogens with two attached hydrogens (primary N) is 1. The fourth-order valence-electron chi connectivity index (χ4n) is 4.45. The molecule has 0 radical (unpaired) electrons. The Hall–Kier alpha value is -2.33. The maximum atomic E-state index is 12.6. The van der Waals surface area contributed by atoms with Crippen molar-refractivity contribution in [2.45, 2.75) is 40.2 Å². The van der Waals surface area contributed by atoms with Gasteiger partial charge in [0.15, 0.2) is 0 Å². The van der Waals surface area contributed by atoms with Crippen molar-refractivity contribution in [3.63, 3.8) is 0 Å². The maximum Gasteiger partial charge on any atom is 0.251 e. The van der Waals surface area contributed by atoms with Gasteiger partial charge in [0.2, 0.25) is 0 Å². The Morgan fingerprint density at radius 1 is 0.960 bits per heavy atom. The van der Waals surface area contributed by atoms with Crippen molar-refractivity contribution in [3.05, 3.63) is 54.1 Å². The van der Waals surface area contributed by atoms with Gasteiger partial charge in [0, 0.05) is 11.6 Å². The van der Waals surface area contributed by atoms with E-state index in [9.17, 15) is 4.79 Å². The van der Waals surface area contributed by atoms with Crippen LogP contribution in [-0.4, -0.2) is 11.9 Å². The number of carbonyl (C=O) groups is 1. The van der Waals surface area contributed by atoms with E-state index in [0.717, 1.165) is 17.5 Å². The summed E-state index contributed by atoms with van der Waals surface area (Å²) in [5, 5.41) is 3.22. The van der Waals surface area contributed by atoms with Crippen LogP contribution in [0.5, 0.6) is 5.75 Å². The lowest BCUT2D eigenvalue weighted by Crippen LogP contribution is -2.63. The van der Waals surface area contributed by atoms with Crippen LogP contribution < -0.4 is 16.1 Å². The molecular formula is C21H26N2O2. The van der Waals surface area contributed by atoms with E-state index in [1.54, 1.807) is 0 Å². The largest absolute Gasteiger partial charge is 0.412 e. The highest BCUT2D eigenvalue weighted by molar-refractivity contribution is 5.95. The van der Waals surface area contributed by atoms with E-state index in [-0.39, 0.29) is 22.8 Å². The number of amides is 1. The molecule has 25 heavy (non-hydrogen) atoms. The van der Waals surface area contributed by atoms with Crippen molar-refractivity contribution < 1.29 is 9.63 Å².